The molecule has 0 radical (unpaired) electrons. The molecular formula is C29H31ClF4N6O3. The number of nitrogens with zero attached hydrogens (tertiary/aromatic N) is 5. The number of benzene rings is 1. The SMILES string of the molecule is [2H]C([2H])(Oc1nc(N2C[C@H]3CC[C@@H](C2)N3)c2cnc(-c3cc(O)cc(Cl)c3C(F)(F)F)c(F)c2n1)C1(CN2CCOCC2)CC1. The lowest BCUT2D eigenvalue weighted by Crippen LogP contribution is -2.51. The third-order valence-corrected chi connectivity index (χ3v) is 8.91. The molecule has 1 saturated carbocycles. The standard InChI is InChI=1S/C29H31ClF4N6O3/c30-21-10-18(41)9-19(22(21)29(32,33)34)24-23(31)25-20(11-35-24)26(40-12-16-1-2-17(13-40)36-16)38-27(37-25)43-15-28(3-4-28)14-39-5-7-42-8-6-39/h9-11,16-17,36,41H,1-8,12-15H2/t16-,17+/i15D2. The molecule has 1 aliphatic carbocycles. The second-order valence-electron chi connectivity index (χ2n) is 11.8. The molecule has 3 aromatic rings. The van der Waals surface area contributed by atoms with E-state index < -0.39 is 57.6 Å². The minimum atomic E-state index is -4.98. The number of nitrogens with one attached hydrogen (secondary N) is 1. The molecular weight excluding hydrogens is 592 g/mol. The van der Waals surface area contributed by atoms with Crippen LogP contribution in [0.3, 0.4) is 0 Å². The average molecular weight is 625 g/mol. The largest absolute Gasteiger partial charge is 0.508 e. The molecule has 9 nitrogen and oxygen atoms in total. The van der Waals surface area contributed by atoms with Gasteiger partial charge in [0.05, 0.1) is 38.5 Å². The molecule has 5 heterocycles. The summed E-state index contributed by atoms with van der Waals surface area (Å²) in [5.74, 6) is -1.55. The Bertz CT molecular complexity index is 1630. The highest BCUT2D eigenvalue weighted by Crippen LogP contribution is 2.47. The third kappa shape index (κ3) is 5.67. The van der Waals surface area contributed by atoms with Gasteiger partial charge in [0.15, 0.2) is 5.82 Å². The smallest absolute Gasteiger partial charge is 0.418 e. The van der Waals surface area contributed by atoms with Crippen LogP contribution in [0.4, 0.5) is 23.4 Å². The van der Waals surface area contributed by atoms with Crippen LogP contribution in [0, 0.1) is 11.2 Å². The molecule has 230 valence electrons. The summed E-state index contributed by atoms with van der Waals surface area (Å²) in [6.45, 7) is 1.71. The number of piperazine rings is 1. The first kappa shape index (κ1) is 26.4. The maximum Gasteiger partial charge on any atom is 0.418 e. The van der Waals surface area contributed by atoms with Crippen LogP contribution in [0.25, 0.3) is 22.2 Å². The molecule has 0 amide bonds. The first-order valence-electron chi connectivity index (χ1n) is 15.3. The average Bonchev–Trinajstić information content (AvgIpc) is 3.69. The molecule has 4 fully saturated rings. The topological polar surface area (TPSA) is 95.9 Å². The Labute approximate surface area is 253 Å². The van der Waals surface area contributed by atoms with Crippen molar-refractivity contribution in [3.8, 4) is 23.0 Å². The van der Waals surface area contributed by atoms with Crippen molar-refractivity contribution >= 4 is 28.3 Å². The minimum absolute atomic E-state index is 0.139. The second kappa shape index (κ2) is 10.9. The summed E-state index contributed by atoms with van der Waals surface area (Å²) in [7, 11) is 0. The van der Waals surface area contributed by atoms with Gasteiger partial charge in [-0.3, -0.25) is 9.88 Å². The van der Waals surface area contributed by atoms with Crippen LogP contribution < -0.4 is 15.0 Å². The minimum Gasteiger partial charge on any atom is -0.508 e. The fraction of sp³-hybridized carbons (Fsp3) is 0.552. The predicted octanol–water partition coefficient (Wildman–Crippen LogP) is 4.64. The van der Waals surface area contributed by atoms with E-state index in [0.29, 0.717) is 58.8 Å². The van der Waals surface area contributed by atoms with Gasteiger partial charge in [-0.25, -0.2) is 4.39 Å². The van der Waals surface area contributed by atoms with E-state index in [2.05, 4.69) is 25.2 Å². The van der Waals surface area contributed by atoms with Crippen LogP contribution in [0.2, 0.25) is 5.02 Å². The number of alkyl halides is 3. The van der Waals surface area contributed by atoms with E-state index in [1.54, 1.807) is 0 Å². The lowest BCUT2D eigenvalue weighted by atomic mass is 10.0. The van der Waals surface area contributed by atoms with Crippen molar-refractivity contribution in [3.05, 3.63) is 34.7 Å². The van der Waals surface area contributed by atoms with Crippen LogP contribution in [-0.4, -0.2) is 89.5 Å². The molecule has 43 heavy (non-hydrogen) atoms. The van der Waals surface area contributed by atoms with Gasteiger partial charge in [0.2, 0.25) is 0 Å². The first-order valence-corrected chi connectivity index (χ1v) is 14.7. The zero-order valence-electron chi connectivity index (χ0n) is 25.1. The van der Waals surface area contributed by atoms with Gasteiger partial charge in [-0.15, -0.1) is 0 Å². The van der Waals surface area contributed by atoms with E-state index in [0.717, 1.165) is 25.0 Å². The number of pyridine rings is 1. The van der Waals surface area contributed by atoms with Crippen molar-refractivity contribution in [2.45, 2.75) is 43.9 Å². The van der Waals surface area contributed by atoms with Crippen molar-refractivity contribution in [3.63, 3.8) is 0 Å². The molecule has 3 saturated heterocycles. The van der Waals surface area contributed by atoms with Crippen LogP contribution in [0.15, 0.2) is 18.3 Å². The monoisotopic (exact) mass is 624 g/mol. The highest BCUT2D eigenvalue weighted by molar-refractivity contribution is 6.32. The number of anilines is 1. The number of phenols is 1. The van der Waals surface area contributed by atoms with E-state index >= 15 is 4.39 Å². The van der Waals surface area contributed by atoms with Gasteiger partial charge < -0.3 is 24.8 Å². The summed E-state index contributed by atoms with van der Waals surface area (Å²) in [5, 5.41) is 12.9. The summed E-state index contributed by atoms with van der Waals surface area (Å²) < 4.78 is 87.8. The van der Waals surface area contributed by atoms with Gasteiger partial charge in [0.1, 0.15) is 22.8 Å². The van der Waals surface area contributed by atoms with Gasteiger partial charge >= 0.3 is 12.2 Å². The molecule has 1 aromatic carbocycles. The molecule has 0 unspecified atom stereocenters. The molecule has 2 N–H and O–H groups in total. The maximum absolute atomic E-state index is 16.4. The third-order valence-electron chi connectivity index (χ3n) is 8.62. The number of hydrogen-bond donors (Lipinski definition) is 2. The predicted molar refractivity (Wildman–Crippen MR) is 151 cm³/mol. The zero-order valence-corrected chi connectivity index (χ0v) is 23.8. The van der Waals surface area contributed by atoms with Crippen molar-refractivity contribution < 1.29 is 34.9 Å². The molecule has 7 rings (SSSR count). The maximum atomic E-state index is 16.4. The Morgan fingerprint density at radius 2 is 1.88 bits per heavy atom. The van der Waals surface area contributed by atoms with Crippen molar-refractivity contribution in [1.82, 2.24) is 25.2 Å². The van der Waals surface area contributed by atoms with Gasteiger partial charge in [-0.1, -0.05) is 11.6 Å². The summed E-state index contributed by atoms with van der Waals surface area (Å²) in [4.78, 5) is 16.9. The fourth-order valence-corrected chi connectivity index (χ4v) is 6.64. The van der Waals surface area contributed by atoms with Gasteiger partial charge in [-0.2, -0.15) is 23.1 Å². The lowest BCUT2D eigenvalue weighted by molar-refractivity contribution is -0.137. The summed E-state index contributed by atoms with van der Waals surface area (Å²) in [6, 6.07) is 1.37. The second-order valence-corrected chi connectivity index (χ2v) is 12.2. The molecule has 14 heteroatoms. The lowest BCUT2D eigenvalue weighted by Gasteiger charge is -2.34. The van der Waals surface area contributed by atoms with Gasteiger partial charge in [0.25, 0.3) is 0 Å². The van der Waals surface area contributed by atoms with Crippen molar-refractivity contribution in [2.75, 3.05) is 57.4 Å². The van der Waals surface area contributed by atoms with Crippen LogP contribution >= 0.6 is 11.6 Å². The number of hydrogen-bond acceptors (Lipinski definition) is 9. The number of halogens is 5. The highest BCUT2D eigenvalue weighted by Gasteiger charge is 2.45. The number of aromatic nitrogens is 3. The molecule has 4 aliphatic rings. The van der Waals surface area contributed by atoms with Crippen LogP contribution in [0.5, 0.6) is 11.8 Å². The first-order chi connectivity index (χ1) is 21.3. The Kier molecular flexibility index (Phi) is 6.67. The van der Waals surface area contributed by atoms with E-state index in [4.69, 9.17) is 23.8 Å². The summed E-state index contributed by atoms with van der Waals surface area (Å²) in [5.41, 5.74) is -4.05. The molecule has 2 bridgehead atoms. The number of fused-ring (bicyclic) bond motifs is 3. The Balaban J connectivity index is 1.33. The normalized spacial score (nSPS) is 24.6. The fourth-order valence-electron chi connectivity index (χ4n) is 6.32. The van der Waals surface area contributed by atoms with E-state index in [9.17, 15) is 18.3 Å². The number of ether oxygens (including phenoxy) is 2. The Hall–Kier alpha value is -3.00. The quantitative estimate of drug-likeness (QED) is 0.365. The number of rotatable bonds is 7. The number of aromatic hydroxyl groups is 1. The van der Waals surface area contributed by atoms with Gasteiger partial charge in [-0.05, 0) is 37.8 Å². The molecule has 2 atom stereocenters. The van der Waals surface area contributed by atoms with Crippen molar-refractivity contribution in [2.24, 2.45) is 5.41 Å². The number of morpholine rings is 1. The van der Waals surface area contributed by atoms with Crippen LogP contribution in [-0.2, 0) is 10.9 Å². The molecule has 0 spiro atoms. The van der Waals surface area contributed by atoms with Crippen molar-refractivity contribution in [1.29, 1.82) is 0 Å². The molecule has 2 aromatic heterocycles. The Morgan fingerprint density at radius 3 is 2.56 bits per heavy atom. The highest BCUT2D eigenvalue weighted by atomic mass is 35.5. The summed E-state index contributed by atoms with van der Waals surface area (Å²) in [6.07, 6.45) is -0.766. The van der Waals surface area contributed by atoms with E-state index in [-0.39, 0.29) is 28.8 Å². The summed E-state index contributed by atoms with van der Waals surface area (Å²) >= 11 is 5.88. The van der Waals surface area contributed by atoms with Crippen LogP contribution in [0.1, 0.15) is 34.0 Å². The Morgan fingerprint density at radius 1 is 1.16 bits per heavy atom. The van der Waals surface area contributed by atoms with Gasteiger partial charge in [0, 0.05) is 62.0 Å². The zero-order chi connectivity index (χ0) is 31.7. The molecule has 3 aliphatic heterocycles. The van der Waals surface area contributed by atoms with E-state index in [1.807, 2.05) is 4.90 Å². The van der Waals surface area contributed by atoms with E-state index in [1.165, 1.54) is 6.20 Å². The number of phenolic OH excluding ortho intramolecular Hbond substituents is 1.